The third-order valence-electron chi connectivity index (χ3n) is 7.16. The Kier molecular flexibility index (Phi) is 7.04. The highest BCUT2D eigenvalue weighted by atomic mass is 32.2. The normalized spacial score (nSPS) is 15.8. The fourth-order valence-electron chi connectivity index (χ4n) is 4.60. The van der Waals surface area contributed by atoms with Gasteiger partial charge in [0.15, 0.2) is 9.84 Å². The summed E-state index contributed by atoms with van der Waals surface area (Å²) in [6, 6.07) is 15.5. The third-order valence-corrected chi connectivity index (χ3v) is 9.19. The van der Waals surface area contributed by atoms with E-state index in [9.17, 15) is 22.8 Å². The molecule has 36 heavy (non-hydrogen) atoms. The Bertz CT molecular complexity index is 1480. The molecule has 1 aromatic heterocycles. The van der Waals surface area contributed by atoms with Gasteiger partial charge in [-0.1, -0.05) is 30.3 Å². The first-order chi connectivity index (χ1) is 17.0. The lowest BCUT2D eigenvalue weighted by Gasteiger charge is -2.26. The SMILES string of the molecule is CNC(=O)[C@@](C)(CCn1ccc2cc(-c3ccc(CN4CCCC4=O)cc3)ccc2c1=O)S(C)(=O)=O. The van der Waals surface area contributed by atoms with Gasteiger partial charge in [-0.25, -0.2) is 8.42 Å². The number of likely N-dealkylation sites (tertiary alicyclic amines) is 1. The fraction of sp³-hybridized carbons (Fsp3) is 0.370. The largest absolute Gasteiger partial charge is 0.358 e. The summed E-state index contributed by atoms with van der Waals surface area (Å²) in [5.74, 6) is -0.393. The molecule has 1 fully saturated rings. The van der Waals surface area contributed by atoms with Crippen LogP contribution in [-0.2, 0) is 32.5 Å². The zero-order chi connectivity index (χ0) is 26.1. The van der Waals surface area contributed by atoms with Gasteiger partial charge in [0, 0.05) is 50.9 Å². The van der Waals surface area contributed by atoms with Crippen LogP contribution in [0.1, 0.15) is 31.7 Å². The van der Waals surface area contributed by atoms with Crippen LogP contribution in [0.4, 0.5) is 0 Å². The molecule has 2 aromatic carbocycles. The highest BCUT2D eigenvalue weighted by Gasteiger charge is 2.42. The van der Waals surface area contributed by atoms with E-state index < -0.39 is 20.5 Å². The van der Waals surface area contributed by atoms with E-state index in [1.165, 1.54) is 18.5 Å². The number of hydrogen-bond acceptors (Lipinski definition) is 5. The van der Waals surface area contributed by atoms with Crippen LogP contribution >= 0.6 is 0 Å². The van der Waals surface area contributed by atoms with Gasteiger partial charge >= 0.3 is 0 Å². The zero-order valence-electron chi connectivity index (χ0n) is 20.8. The highest BCUT2D eigenvalue weighted by Crippen LogP contribution is 2.25. The average Bonchev–Trinajstić information content (AvgIpc) is 3.26. The summed E-state index contributed by atoms with van der Waals surface area (Å²) >= 11 is 0. The van der Waals surface area contributed by atoms with Crippen LogP contribution in [0.2, 0.25) is 0 Å². The van der Waals surface area contributed by atoms with Crippen LogP contribution in [0.25, 0.3) is 21.9 Å². The standard InChI is InChI=1S/C27H31N3O5S/c1-27(26(33)28-2,36(3,34)35)13-16-29-15-12-22-17-21(10-11-23(22)25(29)32)20-8-6-19(7-9-20)18-30-14-4-5-24(30)31/h6-12,15,17H,4-5,13-14,16,18H2,1-3H3,(H,28,33)/t27-/m1/s1. The molecule has 0 radical (unpaired) electrons. The molecule has 0 saturated carbocycles. The summed E-state index contributed by atoms with van der Waals surface area (Å²) in [6.45, 7) is 2.90. The number of hydrogen-bond donors (Lipinski definition) is 1. The van der Waals surface area contributed by atoms with Crippen molar-refractivity contribution in [3.63, 3.8) is 0 Å². The highest BCUT2D eigenvalue weighted by molar-refractivity contribution is 7.92. The molecule has 1 saturated heterocycles. The molecular formula is C27H31N3O5S. The van der Waals surface area contributed by atoms with Gasteiger partial charge < -0.3 is 14.8 Å². The van der Waals surface area contributed by atoms with Gasteiger partial charge in [0.05, 0.1) is 0 Å². The number of pyridine rings is 1. The van der Waals surface area contributed by atoms with E-state index in [0.717, 1.165) is 41.3 Å². The van der Waals surface area contributed by atoms with Crippen molar-refractivity contribution in [3.05, 3.63) is 70.6 Å². The molecule has 0 spiro atoms. The Hall–Kier alpha value is -3.46. The predicted molar refractivity (Wildman–Crippen MR) is 140 cm³/mol. The van der Waals surface area contributed by atoms with E-state index in [0.29, 0.717) is 18.4 Å². The summed E-state index contributed by atoms with van der Waals surface area (Å²) in [7, 11) is -2.30. The van der Waals surface area contributed by atoms with E-state index >= 15 is 0 Å². The molecule has 1 aliphatic heterocycles. The van der Waals surface area contributed by atoms with Crippen molar-refractivity contribution in [2.45, 2.75) is 44.0 Å². The van der Waals surface area contributed by atoms with E-state index in [1.807, 2.05) is 47.4 Å². The summed E-state index contributed by atoms with van der Waals surface area (Å²) in [5, 5.41) is 3.71. The molecule has 1 atom stereocenters. The Morgan fingerprint density at radius 3 is 2.36 bits per heavy atom. The lowest BCUT2D eigenvalue weighted by Crippen LogP contribution is -2.49. The quantitative estimate of drug-likeness (QED) is 0.503. The summed E-state index contributed by atoms with van der Waals surface area (Å²) in [4.78, 5) is 39.1. The molecule has 3 aromatic rings. The van der Waals surface area contributed by atoms with Crippen LogP contribution in [0.5, 0.6) is 0 Å². The van der Waals surface area contributed by atoms with Gasteiger partial charge in [-0.3, -0.25) is 14.4 Å². The molecule has 2 amide bonds. The van der Waals surface area contributed by atoms with Crippen LogP contribution in [0.15, 0.2) is 59.5 Å². The second-order valence-corrected chi connectivity index (χ2v) is 12.0. The first-order valence-electron chi connectivity index (χ1n) is 12.0. The molecule has 190 valence electrons. The van der Waals surface area contributed by atoms with Crippen LogP contribution < -0.4 is 10.9 Å². The van der Waals surface area contributed by atoms with E-state index in [1.54, 1.807) is 12.3 Å². The molecule has 2 heterocycles. The number of benzene rings is 2. The maximum atomic E-state index is 13.1. The van der Waals surface area contributed by atoms with Crippen molar-refractivity contribution in [3.8, 4) is 11.1 Å². The maximum absolute atomic E-state index is 13.1. The Labute approximate surface area is 210 Å². The number of carbonyl (C=O) groups is 2. The van der Waals surface area contributed by atoms with Crippen molar-refractivity contribution in [2.24, 2.45) is 0 Å². The molecule has 0 unspecified atom stereocenters. The first kappa shape index (κ1) is 25.6. The van der Waals surface area contributed by atoms with Crippen molar-refractivity contribution < 1.29 is 18.0 Å². The molecule has 0 aliphatic carbocycles. The van der Waals surface area contributed by atoms with Crippen molar-refractivity contribution in [2.75, 3.05) is 19.8 Å². The van der Waals surface area contributed by atoms with Crippen LogP contribution in [0.3, 0.4) is 0 Å². The van der Waals surface area contributed by atoms with Gasteiger partial charge in [-0.05, 0) is 60.0 Å². The second kappa shape index (κ2) is 9.89. The van der Waals surface area contributed by atoms with Gasteiger partial charge in [-0.2, -0.15) is 0 Å². The summed E-state index contributed by atoms with van der Waals surface area (Å²) < 4.78 is 24.4. The Balaban J connectivity index is 1.54. The number of rotatable bonds is 8. The van der Waals surface area contributed by atoms with Gasteiger partial charge in [0.25, 0.3) is 5.56 Å². The molecule has 0 bridgehead atoms. The number of aryl methyl sites for hydroxylation is 1. The van der Waals surface area contributed by atoms with Gasteiger partial charge in [0.1, 0.15) is 4.75 Å². The minimum absolute atomic E-state index is 0.0234. The lowest BCUT2D eigenvalue weighted by atomic mass is 10.0. The number of aromatic nitrogens is 1. The average molecular weight is 510 g/mol. The number of carbonyl (C=O) groups excluding carboxylic acids is 2. The van der Waals surface area contributed by atoms with Crippen LogP contribution in [-0.4, -0.2) is 54.3 Å². The minimum Gasteiger partial charge on any atom is -0.358 e. The van der Waals surface area contributed by atoms with Crippen molar-refractivity contribution in [1.82, 2.24) is 14.8 Å². The minimum atomic E-state index is -3.70. The zero-order valence-corrected chi connectivity index (χ0v) is 21.6. The van der Waals surface area contributed by atoms with Gasteiger partial charge in [-0.15, -0.1) is 0 Å². The van der Waals surface area contributed by atoms with Crippen molar-refractivity contribution in [1.29, 1.82) is 0 Å². The molecule has 1 N–H and O–H groups in total. The number of nitrogens with zero attached hydrogens (tertiary/aromatic N) is 2. The molecule has 1 aliphatic rings. The molecular weight excluding hydrogens is 478 g/mol. The Morgan fingerprint density at radius 2 is 1.75 bits per heavy atom. The second-order valence-electron chi connectivity index (χ2n) is 9.56. The summed E-state index contributed by atoms with van der Waals surface area (Å²) in [6.07, 6.45) is 4.19. The topological polar surface area (TPSA) is 106 Å². The Morgan fingerprint density at radius 1 is 1.06 bits per heavy atom. The van der Waals surface area contributed by atoms with E-state index in [2.05, 4.69) is 5.32 Å². The molecule has 4 rings (SSSR count). The van der Waals surface area contributed by atoms with Crippen LogP contribution in [0, 0.1) is 0 Å². The predicted octanol–water partition coefficient (Wildman–Crippen LogP) is 2.73. The van der Waals surface area contributed by atoms with Crippen molar-refractivity contribution >= 4 is 32.4 Å². The number of sulfone groups is 1. The molecule has 9 heteroatoms. The monoisotopic (exact) mass is 509 g/mol. The van der Waals surface area contributed by atoms with E-state index in [4.69, 9.17) is 0 Å². The summed E-state index contributed by atoms with van der Waals surface area (Å²) in [5.41, 5.74) is 2.81. The first-order valence-corrected chi connectivity index (χ1v) is 13.8. The fourth-order valence-corrected chi connectivity index (χ4v) is 5.50. The number of fused-ring (bicyclic) bond motifs is 1. The van der Waals surface area contributed by atoms with E-state index in [-0.39, 0.29) is 24.4 Å². The molecule has 8 nitrogen and oxygen atoms in total. The smallest absolute Gasteiger partial charge is 0.258 e. The maximum Gasteiger partial charge on any atom is 0.258 e. The lowest BCUT2D eigenvalue weighted by molar-refractivity contribution is -0.128. The number of amides is 2. The number of nitrogens with one attached hydrogen (secondary N) is 1. The third kappa shape index (κ3) is 4.93. The van der Waals surface area contributed by atoms with Gasteiger partial charge in [0.2, 0.25) is 11.8 Å².